The largest absolute Gasteiger partial charge is 0.501 e. The predicted molar refractivity (Wildman–Crippen MR) is 82.2 cm³/mol. The standard InChI is InChI=1S/C14H33NO3Si/c1-5-8-11-14(4)18-19(16-6-2,17-7-3)13-10-9-12-15/h14H,5-13,15H2,1-4H3. The number of unbranched alkanes of at least 4 members (excludes halogenated alkanes) is 2. The highest BCUT2D eigenvalue weighted by Crippen LogP contribution is 2.22. The summed E-state index contributed by atoms with van der Waals surface area (Å²) in [6.45, 7) is 10.3. The van der Waals surface area contributed by atoms with Crippen LogP contribution >= 0.6 is 0 Å². The summed E-state index contributed by atoms with van der Waals surface area (Å²) >= 11 is 0. The Labute approximate surface area is 120 Å². The van der Waals surface area contributed by atoms with Gasteiger partial charge in [-0.05, 0) is 46.6 Å². The van der Waals surface area contributed by atoms with E-state index < -0.39 is 8.80 Å². The fraction of sp³-hybridized carbons (Fsp3) is 1.00. The third kappa shape index (κ3) is 8.76. The van der Waals surface area contributed by atoms with E-state index in [-0.39, 0.29) is 6.10 Å². The topological polar surface area (TPSA) is 53.7 Å². The van der Waals surface area contributed by atoms with E-state index in [1.165, 1.54) is 12.8 Å². The van der Waals surface area contributed by atoms with Crippen LogP contribution in [-0.2, 0) is 13.3 Å². The molecule has 0 aromatic rings. The van der Waals surface area contributed by atoms with Crippen molar-refractivity contribution < 1.29 is 13.3 Å². The maximum Gasteiger partial charge on any atom is 0.501 e. The molecule has 0 aliphatic rings. The van der Waals surface area contributed by atoms with Gasteiger partial charge >= 0.3 is 8.80 Å². The molecule has 0 amide bonds. The van der Waals surface area contributed by atoms with Crippen molar-refractivity contribution in [3.8, 4) is 0 Å². The Bertz CT molecular complexity index is 199. The van der Waals surface area contributed by atoms with Crippen LogP contribution in [0.15, 0.2) is 0 Å². The molecule has 0 radical (unpaired) electrons. The van der Waals surface area contributed by atoms with Crippen LogP contribution in [0.5, 0.6) is 0 Å². The lowest BCUT2D eigenvalue weighted by molar-refractivity contribution is 0.0345. The Morgan fingerprint density at radius 3 is 2.11 bits per heavy atom. The molecule has 0 aromatic heterocycles. The molecule has 0 aliphatic carbocycles. The van der Waals surface area contributed by atoms with Gasteiger partial charge in [-0.3, -0.25) is 0 Å². The second-order valence-corrected chi connectivity index (χ2v) is 7.54. The first-order valence-corrected chi connectivity index (χ1v) is 9.73. The minimum Gasteiger partial charge on any atom is -0.374 e. The van der Waals surface area contributed by atoms with Gasteiger partial charge in [0.1, 0.15) is 0 Å². The fourth-order valence-corrected chi connectivity index (χ4v) is 5.02. The molecular formula is C14H33NO3Si. The average molecular weight is 292 g/mol. The van der Waals surface area contributed by atoms with Crippen LogP contribution < -0.4 is 5.73 Å². The highest BCUT2D eigenvalue weighted by atomic mass is 28.4. The van der Waals surface area contributed by atoms with Crippen molar-refractivity contribution in [3.05, 3.63) is 0 Å². The molecule has 0 rings (SSSR count). The summed E-state index contributed by atoms with van der Waals surface area (Å²) in [5.41, 5.74) is 5.57. The van der Waals surface area contributed by atoms with Gasteiger partial charge in [-0.25, -0.2) is 0 Å². The van der Waals surface area contributed by atoms with E-state index in [1.54, 1.807) is 0 Å². The molecule has 1 unspecified atom stereocenters. The molecule has 2 N–H and O–H groups in total. The summed E-state index contributed by atoms with van der Waals surface area (Å²) in [6.07, 6.45) is 5.68. The quantitative estimate of drug-likeness (QED) is 0.418. The second kappa shape index (κ2) is 11.8. The van der Waals surface area contributed by atoms with Crippen molar-refractivity contribution in [3.63, 3.8) is 0 Å². The molecule has 0 saturated carbocycles. The van der Waals surface area contributed by atoms with Gasteiger partial charge in [0, 0.05) is 25.4 Å². The smallest absolute Gasteiger partial charge is 0.374 e. The van der Waals surface area contributed by atoms with Gasteiger partial charge in [-0.15, -0.1) is 0 Å². The maximum absolute atomic E-state index is 6.22. The Kier molecular flexibility index (Phi) is 11.9. The predicted octanol–water partition coefficient (Wildman–Crippen LogP) is 3.33. The van der Waals surface area contributed by atoms with E-state index in [1.807, 2.05) is 13.8 Å². The molecule has 0 aliphatic heterocycles. The molecule has 0 spiro atoms. The molecule has 5 heteroatoms. The Balaban J connectivity index is 4.49. The summed E-state index contributed by atoms with van der Waals surface area (Å²) < 4.78 is 18.1. The summed E-state index contributed by atoms with van der Waals surface area (Å²) in [5.74, 6) is 0. The van der Waals surface area contributed by atoms with Gasteiger partial charge < -0.3 is 19.0 Å². The van der Waals surface area contributed by atoms with Crippen LogP contribution in [0, 0.1) is 0 Å². The van der Waals surface area contributed by atoms with Crippen LogP contribution in [-0.4, -0.2) is 34.7 Å². The number of nitrogens with two attached hydrogens (primary N) is 1. The van der Waals surface area contributed by atoms with Gasteiger partial charge in [-0.2, -0.15) is 0 Å². The third-order valence-corrected chi connectivity index (χ3v) is 6.19. The molecule has 0 saturated heterocycles. The van der Waals surface area contributed by atoms with E-state index in [2.05, 4.69) is 13.8 Å². The molecule has 116 valence electrons. The molecule has 19 heavy (non-hydrogen) atoms. The van der Waals surface area contributed by atoms with Crippen LogP contribution in [0.1, 0.15) is 59.8 Å². The van der Waals surface area contributed by atoms with Gasteiger partial charge in [0.2, 0.25) is 0 Å². The molecule has 0 bridgehead atoms. The van der Waals surface area contributed by atoms with E-state index >= 15 is 0 Å². The van der Waals surface area contributed by atoms with Gasteiger partial charge in [0.15, 0.2) is 0 Å². The van der Waals surface area contributed by atoms with Crippen LogP contribution in [0.4, 0.5) is 0 Å². The lowest BCUT2D eigenvalue weighted by Crippen LogP contribution is -2.48. The van der Waals surface area contributed by atoms with Crippen molar-refractivity contribution in [2.24, 2.45) is 5.73 Å². The molecule has 1 atom stereocenters. The molecular weight excluding hydrogens is 258 g/mol. The Morgan fingerprint density at radius 1 is 1.00 bits per heavy atom. The Hall–Kier alpha value is 0.0569. The number of rotatable bonds is 13. The summed E-state index contributed by atoms with van der Waals surface area (Å²) in [4.78, 5) is 0. The van der Waals surface area contributed by atoms with E-state index in [0.717, 1.165) is 25.3 Å². The van der Waals surface area contributed by atoms with E-state index in [9.17, 15) is 0 Å². The average Bonchev–Trinajstić information content (AvgIpc) is 2.37. The van der Waals surface area contributed by atoms with E-state index in [0.29, 0.717) is 19.8 Å². The van der Waals surface area contributed by atoms with Crippen molar-refractivity contribution in [1.29, 1.82) is 0 Å². The zero-order valence-electron chi connectivity index (χ0n) is 13.2. The monoisotopic (exact) mass is 291 g/mol. The van der Waals surface area contributed by atoms with Crippen molar-refractivity contribution in [1.82, 2.24) is 0 Å². The summed E-state index contributed by atoms with van der Waals surface area (Å²) in [6, 6.07) is 0.877. The van der Waals surface area contributed by atoms with Crippen molar-refractivity contribution >= 4 is 8.80 Å². The minimum absolute atomic E-state index is 0.211. The van der Waals surface area contributed by atoms with Crippen LogP contribution in [0.3, 0.4) is 0 Å². The first-order valence-electron chi connectivity index (χ1n) is 7.79. The zero-order chi connectivity index (χ0) is 14.6. The molecule has 0 fully saturated rings. The van der Waals surface area contributed by atoms with Gasteiger partial charge in [-0.1, -0.05) is 19.8 Å². The molecule has 0 heterocycles. The lowest BCUT2D eigenvalue weighted by Gasteiger charge is -2.31. The maximum atomic E-state index is 6.22. The SMILES string of the molecule is CCCCC(C)O[Si](CCCCN)(OCC)OCC. The fourth-order valence-electron chi connectivity index (χ4n) is 2.10. The summed E-state index contributed by atoms with van der Waals surface area (Å²) in [5, 5.41) is 0. The van der Waals surface area contributed by atoms with Crippen LogP contribution in [0.25, 0.3) is 0 Å². The normalized spacial score (nSPS) is 13.7. The van der Waals surface area contributed by atoms with Crippen molar-refractivity contribution in [2.75, 3.05) is 19.8 Å². The van der Waals surface area contributed by atoms with Gasteiger partial charge in [0.25, 0.3) is 0 Å². The third-order valence-electron chi connectivity index (χ3n) is 3.01. The minimum atomic E-state index is -2.50. The van der Waals surface area contributed by atoms with Gasteiger partial charge in [0.05, 0.1) is 0 Å². The van der Waals surface area contributed by atoms with Crippen LogP contribution in [0.2, 0.25) is 6.04 Å². The first-order chi connectivity index (χ1) is 9.14. The zero-order valence-corrected chi connectivity index (χ0v) is 14.2. The summed E-state index contributed by atoms with van der Waals surface area (Å²) in [7, 11) is -2.50. The highest BCUT2D eigenvalue weighted by Gasteiger charge is 2.41. The highest BCUT2D eigenvalue weighted by molar-refractivity contribution is 6.60. The number of hydrogen-bond acceptors (Lipinski definition) is 4. The van der Waals surface area contributed by atoms with Crippen molar-refractivity contribution in [2.45, 2.75) is 71.9 Å². The Morgan fingerprint density at radius 2 is 1.63 bits per heavy atom. The molecule has 4 nitrogen and oxygen atoms in total. The second-order valence-electron chi connectivity index (χ2n) is 4.87. The number of hydrogen-bond donors (Lipinski definition) is 1. The van der Waals surface area contributed by atoms with E-state index in [4.69, 9.17) is 19.0 Å². The first kappa shape index (κ1) is 19.1. The lowest BCUT2D eigenvalue weighted by atomic mass is 10.2. The molecule has 0 aromatic carbocycles.